The summed E-state index contributed by atoms with van der Waals surface area (Å²) >= 11 is 10.6. The Hall–Kier alpha value is 0.793. The van der Waals surface area contributed by atoms with Crippen molar-refractivity contribution >= 4 is 52.7 Å². The number of carbonyl (C=O) groups excluding carboxylic acids is 1. The Balaban J connectivity index is -0.000000525. The molecule has 0 saturated carbocycles. The number of thioether (sulfide) groups is 1. The van der Waals surface area contributed by atoms with Crippen molar-refractivity contribution in [2.24, 2.45) is 10.3 Å². The van der Waals surface area contributed by atoms with Crippen LogP contribution in [-0.4, -0.2) is 27.9 Å². The summed E-state index contributed by atoms with van der Waals surface area (Å²) in [5.41, 5.74) is -0.358. The number of thiol groups is 1. The van der Waals surface area contributed by atoms with Gasteiger partial charge in [-0.05, 0) is 52.0 Å². The summed E-state index contributed by atoms with van der Waals surface area (Å²) in [4.78, 5) is 21.3. The molecule has 2 aliphatic heterocycles. The molecule has 7 nitrogen and oxygen atoms in total. The van der Waals surface area contributed by atoms with Crippen molar-refractivity contribution in [3.63, 3.8) is 0 Å². The Morgan fingerprint density at radius 2 is 1.37 bits per heavy atom. The van der Waals surface area contributed by atoms with E-state index in [1.54, 1.807) is 0 Å². The van der Waals surface area contributed by atoms with Crippen LogP contribution in [0.25, 0.3) is 0 Å². The number of carbonyl (C=O) groups is 1. The Morgan fingerprint density at radius 1 is 0.951 bits per heavy atom. The van der Waals surface area contributed by atoms with Gasteiger partial charge in [0.2, 0.25) is 0 Å². The fraction of sp³-hybridized carbons (Fsp3) is 0.400. The second-order valence-electron chi connectivity index (χ2n) is 9.05. The molecule has 0 unspecified atom stereocenters. The largest absolute Gasteiger partial charge is 1.00 e. The number of benzene rings is 2. The number of oxime groups is 2. The first-order chi connectivity index (χ1) is 18.2. The average Bonchev–Trinajstić information content (AvgIpc) is 3.38. The van der Waals surface area contributed by atoms with E-state index in [0.29, 0.717) is 11.6 Å². The molecule has 0 saturated heterocycles. The molecule has 0 N–H and O–H groups in total. The van der Waals surface area contributed by atoms with E-state index in [4.69, 9.17) is 31.3 Å². The van der Waals surface area contributed by atoms with Crippen LogP contribution in [0.3, 0.4) is 0 Å². The van der Waals surface area contributed by atoms with E-state index in [1.807, 2.05) is 27.7 Å². The molecule has 41 heavy (non-hydrogen) atoms. The normalized spacial score (nSPS) is 15.1. The average molecular weight is 691 g/mol. The zero-order valence-electron chi connectivity index (χ0n) is 24.6. The summed E-state index contributed by atoms with van der Waals surface area (Å²) in [5.74, 6) is -1.77. The molecule has 0 spiro atoms. The molecular weight excluding hydrogens is 662 g/mol. The minimum atomic E-state index is -0.532. The van der Waals surface area contributed by atoms with Gasteiger partial charge >= 0.3 is 103 Å². The standard InChI is InChI=1S/C12H13F2NOS.C7H6F2S.C5H8ClNO.CH2O3.2K.H/c1-12(2)6-11(15-16-12)17-7-8-9(13)4-3-5-10(8)14;8-6-2-1-3-7(9)5(6)4-10;1-5(2)3-4(6)7-8-5;2-1-4-3;;;/h3-5H,6-7H2,1-2H3;1-3,10H,4H2;3H2,1-2H3;1,3H;;;/q;;;;2*+1;-1/p-1. The van der Waals surface area contributed by atoms with Crippen molar-refractivity contribution in [3.05, 3.63) is 70.8 Å². The minimum Gasteiger partial charge on any atom is -1.00 e. The maximum Gasteiger partial charge on any atom is 1.00 e. The number of halogens is 5. The third-order valence-corrected chi connectivity index (χ3v) is 6.14. The fourth-order valence-electron chi connectivity index (χ4n) is 2.78. The molecule has 0 radical (unpaired) electrons. The predicted octanol–water partition coefficient (Wildman–Crippen LogP) is 0.398. The number of hydrogen-bond donors (Lipinski definition) is 1. The molecule has 2 heterocycles. The molecule has 0 fully saturated rings. The van der Waals surface area contributed by atoms with Gasteiger partial charge in [-0.25, -0.2) is 17.6 Å². The topological polar surface area (TPSA) is 92.5 Å². The van der Waals surface area contributed by atoms with E-state index >= 15 is 0 Å². The number of nitrogens with zero attached hydrogens (tertiary/aromatic N) is 2. The van der Waals surface area contributed by atoms with Crippen LogP contribution in [0.1, 0.15) is 53.1 Å². The fourth-order valence-corrected chi connectivity index (χ4v) is 4.56. The third kappa shape index (κ3) is 17.8. The van der Waals surface area contributed by atoms with Crippen LogP contribution < -0.4 is 108 Å². The molecule has 0 atom stereocenters. The molecule has 2 aliphatic rings. The van der Waals surface area contributed by atoms with Crippen LogP contribution >= 0.6 is 36.0 Å². The monoisotopic (exact) mass is 690 g/mol. The first-order valence-electron chi connectivity index (χ1n) is 11.2. The number of rotatable bonds is 4. The molecule has 218 valence electrons. The predicted molar refractivity (Wildman–Crippen MR) is 145 cm³/mol. The van der Waals surface area contributed by atoms with Crippen molar-refractivity contribution in [2.45, 2.75) is 63.2 Å². The van der Waals surface area contributed by atoms with Crippen LogP contribution in [-0.2, 0) is 30.9 Å². The maximum absolute atomic E-state index is 13.4. The Labute approximate surface area is 338 Å². The van der Waals surface area contributed by atoms with Gasteiger partial charge in [-0.15, -0.1) is 11.8 Å². The van der Waals surface area contributed by atoms with E-state index < -0.39 is 23.3 Å². The van der Waals surface area contributed by atoms with E-state index in [9.17, 15) is 17.6 Å². The van der Waals surface area contributed by atoms with Gasteiger partial charge in [0, 0.05) is 35.5 Å². The van der Waals surface area contributed by atoms with Gasteiger partial charge in [-0.1, -0.05) is 34.0 Å². The van der Waals surface area contributed by atoms with Gasteiger partial charge < -0.3 is 21.2 Å². The summed E-state index contributed by atoms with van der Waals surface area (Å²) in [6, 6.07) is 7.64. The van der Waals surface area contributed by atoms with Crippen LogP contribution in [0.2, 0.25) is 0 Å². The molecule has 0 aromatic heterocycles. The van der Waals surface area contributed by atoms with Crippen LogP contribution in [0.15, 0.2) is 46.7 Å². The Bertz CT molecular complexity index is 1130. The van der Waals surface area contributed by atoms with E-state index in [-0.39, 0.29) is 145 Å². The van der Waals surface area contributed by atoms with Gasteiger partial charge in [-0.3, -0.25) is 4.79 Å². The third-order valence-electron chi connectivity index (χ3n) is 4.64. The molecule has 2 aromatic rings. The van der Waals surface area contributed by atoms with E-state index in [1.165, 1.54) is 48.2 Å². The van der Waals surface area contributed by atoms with Crippen molar-refractivity contribution < 1.29 is 146 Å². The summed E-state index contributed by atoms with van der Waals surface area (Å²) in [6.07, 6.45) is 1.41. The Kier molecular flexibility index (Phi) is 23.9. The zero-order chi connectivity index (χ0) is 29.6. The van der Waals surface area contributed by atoms with Crippen molar-refractivity contribution in [3.8, 4) is 0 Å². The molecule has 0 bridgehead atoms. The minimum absolute atomic E-state index is 0. The summed E-state index contributed by atoms with van der Waals surface area (Å²) < 4.78 is 51.8. The second-order valence-corrected chi connectivity index (χ2v) is 10.8. The van der Waals surface area contributed by atoms with Crippen molar-refractivity contribution in [2.75, 3.05) is 0 Å². The van der Waals surface area contributed by atoms with Crippen LogP contribution in [0.5, 0.6) is 0 Å². The van der Waals surface area contributed by atoms with Gasteiger partial charge in [0.15, 0.2) is 0 Å². The number of hydrogen-bond acceptors (Lipinski definition) is 9. The Morgan fingerprint density at radius 3 is 1.63 bits per heavy atom. The van der Waals surface area contributed by atoms with Gasteiger partial charge in [-0.2, -0.15) is 12.6 Å². The first-order valence-corrected chi connectivity index (χ1v) is 13.2. The van der Waals surface area contributed by atoms with E-state index in [0.717, 1.165) is 11.5 Å². The first kappa shape index (κ1) is 43.9. The maximum atomic E-state index is 13.4. The molecule has 2 aromatic carbocycles. The van der Waals surface area contributed by atoms with Crippen LogP contribution in [0.4, 0.5) is 17.6 Å². The summed E-state index contributed by atoms with van der Waals surface area (Å²) in [7, 11) is 0. The molecule has 16 heteroatoms. The summed E-state index contributed by atoms with van der Waals surface area (Å²) in [5, 5.41) is 17.2. The molecular formula is C25H29ClF4K2N2O5S2. The molecule has 4 rings (SSSR count). The van der Waals surface area contributed by atoms with Gasteiger partial charge in [0.1, 0.15) is 44.7 Å². The summed E-state index contributed by atoms with van der Waals surface area (Å²) in [6.45, 7) is 7.57. The van der Waals surface area contributed by atoms with Gasteiger partial charge in [0.05, 0.1) is 0 Å². The molecule has 0 amide bonds. The van der Waals surface area contributed by atoms with Crippen molar-refractivity contribution in [1.29, 1.82) is 0 Å². The SMILES string of the molecule is CC1(C)CC(Cl)=NO1.CC1(C)CC(SCc2c(F)cccc2F)=NO1.Fc1cccc(F)c1CS.O=CO[O-].[H-].[K+].[K+]. The smallest absolute Gasteiger partial charge is 1.00 e. The molecule has 0 aliphatic carbocycles. The van der Waals surface area contributed by atoms with Gasteiger partial charge in [0.25, 0.3) is 6.47 Å². The van der Waals surface area contributed by atoms with Crippen LogP contribution in [0, 0.1) is 23.3 Å². The van der Waals surface area contributed by atoms with E-state index in [2.05, 4.69) is 27.8 Å². The second kappa shape index (κ2) is 22.3. The van der Waals surface area contributed by atoms with Crippen molar-refractivity contribution in [1.82, 2.24) is 0 Å². The zero-order valence-corrected chi connectivity index (χ0v) is 32.3. The quantitative estimate of drug-likeness (QED) is 0.125.